The van der Waals surface area contributed by atoms with Crippen molar-refractivity contribution in [3.63, 3.8) is 0 Å². The first-order valence-electron chi connectivity index (χ1n) is 8.31. The molecule has 0 atom stereocenters. The number of amides is 3. The van der Waals surface area contributed by atoms with Crippen LogP contribution in [0.1, 0.15) is 38.4 Å². The number of imide groups is 1. The van der Waals surface area contributed by atoms with Gasteiger partial charge in [0, 0.05) is 12.0 Å². The molecule has 0 radical (unpaired) electrons. The number of para-hydroxylation sites is 1. The minimum atomic E-state index is -0.585. The maximum Gasteiger partial charge on any atom is 0.351 e. The van der Waals surface area contributed by atoms with E-state index in [0.717, 1.165) is 23.2 Å². The standard InChI is InChI=1S/C17H21N5O3/c1-11(2)18-16(24)19-14(23)10-21-17(25)22(13-6-4-3-5-7-13)15(20-21)12-8-9-12/h3-7,11-12H,8-10H2,1-2H3,(H2,18,19,23,24). The maximum atomic E-state index is 12.7. The van der Waals surface area contributed by atoms with Crippen LogP contribution in [0.4, 0.5) is 4.79 Å². The Labute approximate surface area is 144 Å². The first-order chi connectivity index (χ1) is 12.0. The van der Waals surface area contributed by atoms with Crippen molar-refractivity contribution in [2.45, 2.75) is 45.2 Å². The molecule has 132 valence electrons. The Bertz CT molecular complexity index is 834. The van der Waals surface area contributed by atoms with Crippen LogP contribution in [0.5, 0.6) is 0 Å². The van der Waals surface area contributed by atoms with Crippen molar-refractivity contribution in [1.82, 2.24) is 25.0 Å². The van der Waals surface area contributed by atoms with Crippen molar-refractivity contribution < 1.29 is 9.59 Å². The van der Waals surface area contributed by atoms with Gasteiger partial charge < -0.3 is 5.32 Å². The van der Waals surface area contributed by atoms with E-state index in [-0.39, 0.29) is 24.2 Å². The largest absolute Gasteiger partial charge is 0.351 e. The van der Waals surface area contributed by atoms with E-state index in [4.69, 9.17) is 0 Å². The van der Waals surface area contributed by atoms with E-state index < -0.39 is 11.9 Å². The number of nitrogens with zero attached hydrogens (tertiary/aromatic N) is 3. The fraction of sp³-hybridized carbons (Fsp3) is 0.412. The van der Waals surface area contributed by atoms with Crippen molar-refractivity contribution >= 4 is 11.9 Å². The molecule has 1 aromatic heterocycles. The third-order valence-corrected chi connectivity index (χ3v) is 3.79. The molecule has 1 aromatic carbocycles. The number of carbonyl (C=O) groups excluding carboxylic acids is 2. The molecule has 1 saturated carbocycles. The second-order valence-electron chi connectivity index (χ2n) is 6.42. The van der Waals surface area contributed by atoms with Gasteiger partial charge in [-0.3, -0.25) is 10.1 Å². The van der Waals surface area contributed by atoms with Crippen LogP contribution >= 0.6 is 0 Å². The number of rotatable bonds is 5. The van der Waals surface area contributed by atoms with Crippen molar-refractivity contribution in [1.29, 1.82) is 0 Å². The minimum absolute atomic E-state index is 0.0886. The number of hydrogen-bond donors (Lipinski definition) is 2. The summed E-state index contributed by atoms with van der Waals surface area (Å²) in [6.07, 6.45) is 1.96. The molecule has 1 aliphatic rings. The number of hydrogen-bond acceptors (Lipinski definition) is 4. The van der Waals surface area contributed by atoms with Gasteiger partial charge in [0.15, 0.2) is 0 Å². The molecule has 0 unspecified atom stereocenters. The lowest BCUT2D eigenvalue weighted by Gasteiger charge is -2.08. The number of carbonyl (C=O) groups is 2. The topological polar surface area (TPSA) is 98.0 Å². The van der Waals surface area contributed by atoms with Gasteiger partial charge in [0.05, 0.1) is 5.69 Å². The lowest BCUT2D eigenvalue weighted by molar-refractivity contribution is -0.120. The highest BCUT2D eigenvalue weighted by Crippen LogP contribution is 2.39. The van der Waals surface area contributed by atoms with E-state index in [0.29, 0.717) is 5.82 Å². The average Bonchev–Trinajstić information content (AvgIpc) is 3.33. The second-order valence-corrected chi connectivity index (χ2v) is 6.42. The van der Waals surface area contributed by atoms with E-state index in [2.05, 4.69) is 15.7 Å². The summed E-state index contributed by atoms with van der Waals surface area (Å²) in [7, 11) is 0. The van der Waals surface area contributed by atoms with E-state index in [1.165, 1.54) is 0 Å². The molecule has 1 heterocycles. The highest BCUT2D eigenvalue weighted by atomic mass is 16.2. The molecule has 8 heteroatoms. The Morgan fingerprint density at radius 2 is 1.92 bits per heavy atom. The van der Waals surface area contributed by atoms with Crippen molar-refractivity contribution in [2.75, 3.05) is 0 Å². The van der Waals surface area contributed by atoms with Gasteiger partial charge in [0.25, 0.3) is 0 Å². The van der Waals surface area contributed by atoms with E-state index in [1.54, 1.807) is 18.4 Å². The summed E-state index contributed by atoms with van der Waals surface area (Å²) in [5.41, 5.74) is 0.339. The van der Waals surface area contributed by atoms with Crippen LogP contribution in [0, 0.1) is 0 Å². The fourth-order valence-electron chi connectivity index (χ4n) is 2.55. The van der Waals surface area contributed by atoms with E-state index in [9.17, 15) is 14.4 Å². The van der Waals surface area contributed by atoms with Crippen LogP contribution in [0.25, 0.3) is 5.69 Å². The van der Waals surface area contributed by atoms with Gasteiger partial charge in [-0.25, -0.2) is 18.8 Å². The number of aromatic nitrogens is 3. The van der Waals surface area contributed by atoms with Gasteiger partial charge in [-0.2, -0.15) is 5.10 Å². The van der Waals surface area contributed by atoms with Gasteiger partial charge >= 0.3 is 11.7 Å². The molecule has 25 heavy (non-hydrogen) atoms. The summed E-state index contributed by atoms with van der Waals surface area (Å²) in [4.78, 5) is 36.3. The molecule has 1 aliphatic carbocycles. The Kier molecular flexibility index (Phi) is 4.69. The van der Waals surface area contributed by atoms with Gasteiger partial charge in [-0.05, 0) is 38.8 Å². The van der Waals surface area contributed by atoms with Crippen molar-refractivity contribution in [2.24, 2.45) is 0 Å². The second kappa shape index (κ2) is 6.92. The highest BCUT2D eigenvalue weighted by molar-refractivity contribution is 5.94. The Morgan fingerprint density at radius 1 is 1.24 bits per heavy atom. The highest BCUT2D eigenvalue weighted by Gasteiger charge is 2.31. The number of nitrogens with one attached hydrogen (secondary N) is 2. The van der Waals surface area contributed by atoms with Gasteiger partial charge in [-0.1, -0.05) is 18.2 Å². The van der Waals surface area contributed by atoms with E-state index >= 15 is 0 Å². The molecular weight excluding hydrogens is 322 g/mol. The summed E-state index contributed by atoms with van der Waals surface area (Å²) < 4.78 is 2.65. The zero-order valence-electron chi connectivity index (χ0n) is 14.2. The first kappa shape index (κ1) is 16.9. The van der Waals surface area contributed by atoms with Crippen LogP contribution in [0.3, 0.4) is 0 Å². The SMILES string of the molecule is CC(C)NC(=O)NC(=O)Cn1nc(C2CC2)n(-c2ccccc2)c1=O. The Hall–Kier alpha value is -2.90. The zero-order valence-corrected chi connectivity index (χ0v) is 14.2. The van der Waals surface area contributed by atoms with E-state index in [1.807, 2.05) is 30.3 Å². The van der Waals surface area contributed by atoms with Gasteiger partial charge in [0.1, 0.15) is 12.4 Å². The molecule has 8 nitrogen and oxygen atoms in total. The molecule has 2 N–H and O–H groups in total. The summed E-state index contributed by atoms with van der Waals surface area (Å²) >= 11 is 0. The smallest absolute Gasteiger partial charge is 0.336 e. The summed E-state index contributed by atoms with van der Waals surface area (Å²) in [6, 6.07) is 8.55. The predicted octanol–water partition coefficient (Wildman–Crippen LogP) is 1.15. The third kappa shape index (κ3) is 3.96. The van der Waals surface area contributed by atoms with Gasteiger partial charge in [0.2, 0.25) is 5.91 Å². The maximum absolute atomic E-state index is 12.7. The molecular formula is C17H21N5O3. The van der Waals surface area contributed by atoms with Crippen LogP contribution in [-0.4, -0.2) is 32.3 Å². The van der Waals surface area contributed by atoms with Gasteiger partial charge in [-0.15, -0.1) is 0 Å². The average molecular weight is 343 g/mol. The Morgan fingerprint density at radius 3 is 2.52 bits per heavy atom. The normalized spacial score (nSPS) is 13.7. The predicted molar refractivity (Wildman–Crippen MR) is 91.6 cm³/mol. The Balaban J connectivity index is 1.82. The van der Waals surface area contributed by atoms with Crippen LogP contribution in [0.2, 0.25) is 0 Å². The van der Waals surface area contributed by atoms with Crippen LogP contribution < -0.4 is 16.3 Å². The zero-order chi connectivity index (χ0) is 18.0. The molecule has 3 amide bonds. The summed E-state index contributed by atoms with van der Waals surface area (Å²) in [6.45, 7) is 3.28. The molecule has 2 aromatic rings. The van der Waals surface area contributed by atoms with Crippen molar-refractivity contribution in [3.05, 3.63) is 46.6 Å². The van der Waals surface area contributed by atoms with Crippen LogP contribution in [-0.2, 0) is 11.3 Å². The fourth-order valence-corrected chi connectivity index (χ4v) is 2.55. The number of benzene rings is 1. The van der Waals surface area contributed by atoms with Crippen molar-refractivity contribution in [3.8, 4) is 5.69 Å². The molecule has 0 spiro atoms. The lowest BCUT2D eigenvalue weighted by atomic mass is 10.3. The molecule has 0 bridgehead atoms. The molecule has 3 rings (SSSR count). The lowest BCUT2D eigenvalue weighted by Crippen LogP contribution is -2.44. The van der Waals surface area contributed by atoms with Crippen LogP contribution in [0.15, 0.2) is 35.1 Å². The summed E-state index contributed by atoms with van der Waals surface area (Å²) in [5, 5.41) is 9.09. The number of urea groups is 1. The molecule has 0 aliphatic heterocycles. The third-order valence-electron chi connectivity index (χ3n) is 3.79. The molecule has 0 saturated heterocycles. The monoisotopic (exact) mass is 343 g/mol. The quantitative estimate of drug-likeness (QED) is 0.851. The first-order valence-corrected chi connectivity index (χ1v) is 8.31. The molecule has 1 fully saturated rings. The summed E-state index contributed by atoms with van der Waals surface area (Å²) in [5.74, 6) is 0.317. The minimum Gasteiger partial charge on any atom is -0.336 e.